The van der Waals surface area contributed by atoms with E-state index in [-0.39, 0.29) is 33.2 Å². The number of aromatic amines is 1. The Hall–Kier alpha value is -5.16. The zero-order chi connectivity index (χ0) is 43.8. The lowest BCUT2D eigenvalue weighted by Gasteiger charge is -2.39. The molecule has 2 saturated heterocycles. The lowest BCUT2D eigenvalue weighted by atomic mass is 9.72. The molecule has 326 valence electrons. The molecule has 5 aromatic rings. The number of sulfonamides is 1. The summed E-state index contributed by atoms with van der Waals surface area (Å²) in [5.74, 6) is -0.607. The number of amides is 1. The van der Waals surface area contributed by atoms with E-state index in [0.717, 1.165) is 79.7 Å². The molecule has 1 amide bonds. The van der Waals surface area contributed by atoms with Crippen molar-refractivity contribution in [3.63, 3.8) is 0 Å². The van der Waals surface area contributed by atoms with Crippen molar-refractivity contribution < 1.29 is 22.9 Å². The van der Waals surface area contributed by atoms with Crippen molar-refractivity contribution in [2.75, 3.05) is 76.3 Å². The average molecular weight is 902 g/mol. The summed E-state index contributed by atoms with van der Waals surface area (Å²) in [4.78, 5) is 35.0. The van der Waals surface area contributed by atoms with Crippen LogP contribution in [0, 0.1) is 15.5 Å². The number of fused-ring (bicyclic) bond motifs is 1. The van der Waals surface area contributed by atoms with Crippen LogP contribution in [0.3, 0.4) is 0 Å². The van der Waals surface area contributed by atoms with E-state index in [1.807, 2.05) is 30.3 Å². The second kappa shape index (κ2) is 17.9. The van der Waals surface area contributed by atoms with E-state index in [1.54, 1.807) is 30.5 Å². The smallest absolute Gasteiger partial charge is 0.295 e. The topological polar surface area (TPSA) is 156 Å². The third-order valence-corrected chi connectivity index (χ3v) is 13.9. The molecule has 0 saturated carbocycles. The average Bonchev–Trinajstić information content (AvgIpc) is 3.69. The minimum atomic E-state index is -4.58. The number of nitrogens with one attached hydrogen (secondary N) is 3. The van der Waals surface area contributed by atoms with Crippen LogP contribution in [-0.4, -0.2) is 105 Å². The van der Waals surface area contributed by atoms with Crippen molar-refractivity contribution in [1.29, 1.82) is 0 Å². The summed E-state index contributed by atoms with van der Waals surface area (Å²) in [5.41, 5.74) is 8.59. The minimum Gasteiger partial charge on any atom is -0.455 e. The summed E-state index contributed by atoms with van der Waals surface area (Å²) in [6.07, 6.45) is 4.96. The molecule has 1 aliphatic carbocycles. The van der Waals surface area contributed by atoms with E-state index >= 15 is 0 Å². The van der Waals surface area contributed by atoms with Gasteiger partial charge < -0.3 is 24.9 Å². The quantitative estimate of drug-likeness (QED) is 0.0814. The number of ether oxygens (including phenoxy) is 1. The van der Waals surface area contributed by atoms with Crippen molar-refractivity contribution in [2.45, 2.75) is 38.0 Å². The highest BCUT2D eigenvalue weighted by Gasteiger charge is 2.31. The zero-order valence-electron chi connectivity index (χ0n) is 34.9. The highest BCUT2D eigenvalue weighted by Crippen LogP contribution is 2.44. The number of hydrogen-bond acceptors (Lipinski definition) is 11. The Morgan fingerprint density at radius 2 is 1.65 bits per heavy atom. The van der Waals surface area contributed by atoms with E-state index in [0.29, 0.717) is 26.2 Å². The SMILES string of the molecule is CN1CCN(Nc2ccc(S(=O)(=O)NC(=O)c3ccc(N4CCN(CC5=C(c6ccc(Cl)cc6)CC(C)(C)CC5)CC4)cc3Oc3cc4cc[nH]c4cc3Cl)cc2[N+](=O)[O-])CC1. The largest absolute Gasteiger partial charge is 0.455 e. The molecule has 0 unspecified atom stereocenters. The molecule has 0 bridgehead atoms. The Balaban J connectivity index is 1.02. The van der Waals surface area contributed by atoms with Gasteiger partial charge in [-0.1, -0.05) is 54.8 Å². The fourth-order valence-electron chi connectivity index (χ4n) is 8.38. The summed E-state index contributed by atoms with van der Waals surface area (Å²) in [7, 11) is -2.59. The Labute approximate surface area is 371 Å². The van der Waals surface area contributed by atoms with Crippen LogP contribution in [0.5, 0.6) is 11.5 Å². The fraction of sp³-hybridized carbons (Fsp3) is 0.356. The molecular weight excluding hydrogens is 852 g/mol. The molecule has 3 aliphatic rings. The number of allylic oxidation sites excluding steroid dienone is 1. The molecule has 3 heterocycles. The second-order valence-electron chi connectivity index (χ2n) is 17.1. The van der Waals surface area contributed by atoms with Gasteiger partial charge in [-0.3, -0.25) is 19.8 Å². The third-order valence-electron chi connectivity index (χ3n) is 12.1. The molecule has 0 radical (unpaired) electrons. The summed E-state index contributed by atoms with van der Waals surface area (Å²) >= 11 is 12.9. The number of nitrogens with zero attached hydrogens (tertiary/aromatic N) is 5. The summed E-state index contributed by atoms with van der Waals surface area (Å²) in [5, 5.41) is 15.8. The number of nitro groups is 1. The van der Waals surface area contributed by atoms with E-state index in [2.05, 4.69) is 55.8 Å². The predicted octanol–water partition coefficient (Wildman–Crippen LogP) is 8.65. The van der Waals surface area contributed by atoms with Gasteiger partial charge in [-0.05, 0) is 97.5 Å². The van der Waals surface area contributed by atoms with E-state index in [1.165, 1.54) is 34.9 Å². The van der Waals surface area contributed by atoms with Gasteiger partial charge in [-0.25, -0.2) is 18.1 Å². The van der Waals surface area contributed by atoms with Crippen molar-refractivity contribution in [3.8, 4) is 11.5 Å². The fourth-order valence-corrected chi connectivity index (χ4v) is 9.69. The maximum atomic E-state index is 14.0. The van der Waals surface area contributed by atoms with Gasteiger partial charge in [0, 0.05) is 98.8 Å². The van der Waals surface area contributed by atoms with Crippen molar-refractivity contribution in [2.24, 2.45) is 5.41 Å². The summed E-state index contributed by atoms with van der Waals surface area (Å²) in [6.45, 7) is 11.4. The van der Waals surface area contributed by atoms with Crippen LogP contribution in [0.2, 0.25) is 10.0 Å². The number of halogens is 2. The van der Waals surface area contributed by atoms with Crippen molar-refractivity contribution in [1.82, 2.24) is 24.5 Å². The first-order valence-corrected chi connectivity index (χ1v) is 22.9. The van der Waals surface area contributed by atoms with E-state index in [4.69, 9.17) is 27.9 Å². The molecule has 3 N–H and O–H groups in total. The van der Waals surface area contributed by atoms with Gasteiger partial charge in [-0.2, -0.15) is 0 Å². The molecular formula is C45H50Cl2N8O6S. The third kappa shape index (κ3) is 9.88. The monoisotopic (exact) mass is 900 g/mol. The van der Waals surface area contributed by atoms with Gasteiger partial charge in [0.1, 0.15) is 17.2 Å². The second-order valence-corrected chi connectivity index (χ2v) is 19.6. The van der Waals surface area contributed by atoms with Gasteiger partial charge >= 0.3 is 0 Å². The number of likely N-dealkylation sites (N-methyl/N-ethyl adjacent to an activating group) is 1. The minimum absolute atomic E-state index is 0.0639. The number of carbonyl (C=O) groups is 1. The van der Waals surface area contributed by atoms with E-state index in [9.17, 15) is 23.3 Å². The number of hydrazine groups is 1. The number of aromatic nitrogens is 1. The number of hydrogen-bond donors (Lipinski definition) is 3. The summed E-state index contributed by atoms with van der Waals surface area (Å²) in [6, 6.07) is 22.0. The summed E-state index contributed by atoms with van der Waals surface area (Å²) < 4.78 is 35.9. The Kier molecular flexibility index (Phi) is 12.6. The van der Waals surface area contributed by atoms with Crippen LogP contribution in [0.1, 0.15) is 49.0 Å². The lowest BCUT2D eigenvalue weighted by molar-refractivity contribution is -0.384. The van der Waals surface area contributed by atoms with Crippen LogP contribution in [-0.2, 0) is 10.0 Å². The molecule has 17 heteroatoms. The molecule has 8 rings (SSSR count). The highest BCUT2D eigenvalue weighted by atomic mass is 35.5. The molecule has 2 fully saturated rings. The van der Waals surface area contributed by atoms with Crippen LogP contribution >= 0.6 is 23.2 Å². The van der Waals surface area contributed by atoms with Crippen molar-refractivity contribution >= 4 is 72.7 Å². The predicted molar refractivity (Wildman–Crippen MR) is 245 cm³/mol. The molecule has 0 atom stereocenters. The number of carbonyl (C=O) groups excluding carboxylic acids is 1. The van der Waals surface area contributed by atoms with Gasteiger partial charge in [0.05, 0.1) is 20.4 Å². The van der Waals surface area contributed by atoms with Gasteiger partial charge in [-0.15, -0.1) is 0 Å². The van der Waals surface area contributed by atoms with Gasteiger partial charge in [0.25, 0.3) is 21.6 Å². The first kappa shape index (κ1) is 43.5. The van der Waals surface area contributed by atoms with Crippen LogP contribution in [0.25, 0.3) is 16.5 Å². The maximum Gasteiger partial charge on any atom is 0.295 e. The zero-order valence-corrected chi connectivity index (χ0v) is 37.2. The first-order valence-electron chi connectivity index (χ1n) is 20.7. The van der Waals surface area contributed by atoms with E-state index < -0.39 is 31.4 Å². The first-order chi connectivity index (χ1) is 29.6. The van der Waals surface area contributed by atoms with Crippen LogP contribution in [0.4, 0.5) is 17.1 Å². The molecule has 4 aromatic carbocycles. The van der Waals surface area contributed by atoms with Crippen LogP contribution in [0.15, 0.2) is 95.5 Å². The Morgan fingerprint density at radius 3 is 2.37 bits per heavy atom. The number of nitro benzene ring substituents is 1. The molecule has 62 heavy (non-hydrogen) atoms. The number of piperazine rings is 2. The number of rotatable bonds is 12. The van der Waals surface area contributed by atoms with Gasteiger partial charge in [0.15, 0.2) is 0 Å². The Morgan fingerprint density at radius 1 is 0.903 bits per heavy atom. The molecule has 14 nitrogen and oxygen atoms in total. The standard InChI is InChI=1S/C45H50Cl2N8O6S/c1-45(2)14-12-32(37(28-45)30-4-6-33(46)7-5-30)29-52-18-20-53(21-19-52)34-8-10-36(42(25-34)61-43-24-31-13-15-48-40(31)27-38(43)47)44(56)50-62(59,60)35-9-11-39(41(26-35)55(57)58)49-54-22-16-51(3)17-23-54/h4-11,13,15,24-27,48-49H,12,14,16-23,28-29H2,1-3H3,(H,50,56). The van der Waals surface area contributed by atoms with Crippen LogP contribution < -0.4 is 19.8 Å². The Bertz CT molecular complexity index is 2640. The number of H-pyrrole nitrogens is 1. The number of benzene rings is 4. The van der Waals surface area contributed by atoms with Crippen molar-refractivity contribution in [3.05, 3.63) is 122 Å². The highest BCUT2D eigenvalue weighted by molar-refractivity contribution is 7.90. The molecule has 2 aliphatic heterocycles. The van der Waals surface area contributed by atoms with Gasteiger partial charge in [0.2, 0.25) is 0 Å². The molecule has 0 spiro atoms. The maximum absolute atomic E-state index is 14.0. The molecule has 1 aromatic heterocycles. The number of anilines is 2. The lowest BCUT2D eigenvalue weighted by Crippen LogP contribution is -2.47. The normalized spacial score (nSPS) is 17.9.